The molecule has 19 heavy (non-hydrogen) atoms. The second kappa shape index (κ2) is 6.25. The molecule has 1 aliphatic carbocycles. The second-order valence-electron chi connectivity index (χ2n) is 5.94. The van der Waals surface area contributed by atoms with Gasteiger partial charge in [0.05, 0.1) is 0 Å². The fourth-order valence-corrected chi connectivity index (χ4v) is 3.70. The van der Waals surface area contributed by atoms with Crippen LogP contribution < -0.4 is 5.73 Å². The zero-order valence-electron chi connectivity index (χ0n) is 12.0. The molecule has 106 valence electrons. The fourth-order valence-electron chi connectivity index (χ4n) is 3.49. The van der Waals surface area contributed by atoms with Gasteiger partial charge < -0.3 is 5.73 Å². The van der Waals surface area contributed by atoms with Crippen molar-refractivity contribution in [2.45, 2.75) is 44.7 Å². The average Bonchev–Trinajstić information content (AvgIpc) is 2.39. The van der Waals surface area contributed by atoms with Crippen molar-refractivity contribution in [2.24, 2.45) is 11.7 Å². The zero-order chi connectivity index (χ0) is 13.9. The summed E-state index contributed by atoms with van der Waals surface area (Å²) >= 11 is 6.07. The molecule has 1 fully saturated rings. The van der Waals surface area contributed by atoms with Crippen molar-refractivity contribution in [3.8, 4) is 0 Å². The molecule has 2 unspecified atom stereocenters. The molecular formula is C16H25ClN2. The van der Waals surface area contributed by atoms with E-state index >= 15 is 0 Å². The van der Waals surface area contributed by atoms with Crippen LogP contribution in [0.25, 0.3) is 0 Å². The Labute approximate surface area is 121 Å². The lowest BCUT2D eigenvalue weighted by Gasteiger charge is -2.48. The molecule has 1 aromatic carbocycles. The molecule has 1 aromatic rings. The number of nitrogens with two attached hydrogens (primary N) is 1. The Hall–Kier alpha value is -0.570. The standard InChI is InChI=1S/C16H25ClN2/c1-13-6-3-4-9-16(13,12-18)19(2)11-14-7-5-8-15(17)10-14/h5,7-8,10,13H,3-4,6,9,11-12,18H2,1-2H3. The van der Waals surface area contributed by atoms with Crippen molar-refractivity contribution in [1.82, 2.24) is 4.90 Å². The van der Waals surface area contributed by atoms with Crippen LogP contribution in [0.4, 0.5) is 0 Å². The van der Waals surface area contributed by atoms with Gasteiger partial charge in [-0.05, 0) is 43.5 Å². The monoisotopic (exact) mass is 280 g/mol. The predicted octanol–water partition coefficient (Wildman–Crippen LogP) is 3.68. The highest BCUT2D eigenvalue weighted by Gasteiger charge is 2.40. The van der Waals surface area contributed by atoms with Crippen molar-refractivity contribution >= 4 is 11.6 Å². The van der Waals surface area contributed by atoms with Gasteiger partial charge >= 0.3 is 0 Å². The van der Waals surface area contributed by atoms with Crippen LogP contribution in [0, 0.1) is 5.92 Å². The molecule has 2 atom stereocenters. The van der Waals surface area contributed by atoms with E-state index in [9.17, 15) is 0 Å². The van der Waals surface area contributed by atoms with Gasteiger partial charge in [-0.3, -0.25) is 4.90 Å². The molecule has 0 aliphatic heterocycles. The van der Waals surface area contributed by atoms with Crippen LogP contribution >= 0.6 is 11.6 Å². The van der Waals surface area contributed by atoms with Crippen LogP contribution in [0.2, 0.25) is 5.02 Å². The first-order chi connectivity index (χ1) is 9.08. The summed E-state index contributed by atoms with van der Waals surface area (Å²) < 4.78 is 0. The lowest BCUT2D eigenvalue weighted by Crippen LogP contribution is -2.57. The van der Waals surface area contributed by atoms with Crippen molar-refractivity contribution in [3.63, 3.8) is 0 Å². The molecule has 1 aliphatic rings. The van der Waals surface area contributed by atoms with Gasteiger partial charge in [0.15, 0.2) is 0 Å². The SMILES string of the molecule is CC1CCCCC1(CN)N(C)Cc1cccc(Cl)c1. The van der Waals surface area contributed by atoms with E-state index in [1.54, 1.807) is 0 Å². The number of likely N-dealkylation sites (N-methyl/N-ethyl adjacent to an activating group) is 1. The molecular weight excluding hydrogens is 256 g/mol. The minimum Gasteiger partial charge on any atom is -0.329 e. The maximum Gasteiger partial charge on any atom is 0.0409 e. The maximum absolute atomic E-state index is 6.15. The summed E-state index contributed by atoms with van der Waals surface area (Å²) in [6.45, 7) is 4.01. The Balaban J connectivity index is 2.14. The maximum atomic E-state index is 6.15. The minimum absolute atomic E-state index is 0.153. The van der Waals surface area contributed by atoms with Crippen LogP contribution in [0.5, 0.6) is 0 Å². The van der Waals surface area contributed by atoms with Crippen LogP contribution in [-0.4, -0.2) is 24.0 Å². The molecule has 2 N–H and O–H groups in total. The van der Waals surface area contributed by atoms with Crippen molar-refractivity contribution in [1.29, 1.82) is 0 Å². The summed E-state index contributed by atoms with van der Waals surface area (Å²) in [5.41, 5.74) is 7.56. The normalized spacial score (nSPS) is 27.7. The molecule has 0 spiro atoms. The Kier molecular flexibility index (Phi) is 4.88. The molecule has 0 radical (unpaired) electrons. The Morgan fingerprint density at radius 3 is 2.84 bits per heavy atom. The van der Waals surface area contributed by atoms with Crippen molar-refractivity contribution in [2.75, 3.05) is 13.6 Å². The second-order valence-corrected chi connectivity index (χ2v) is 6.38. The number of halogens is 1. The van der Waals surface area contributed by atoms with E-state index < -0.39 is 0 Å². The van der Waals surface area contributed by atoms with Gasteiger partial charge in [0.1, 0.15) is 0 Å². The zero-order valence-corrected chi connectivity index (χ0v) is 12.8. The quantitative estimate of drug-likeness (QED) is 0.912. The molecule has 0 aromatic heterocycles. The summed E-state index contributed by atoms with van der Waals surface area (Å²) in [6, 6.07) is 8.13. The summed E-state index contributed by atoms with van der Waals surface area (Å²) in [6.07, 6.45) is 5.13. The van der Waals surface area contributed by atoms with Gasteiger partial charge in [-0.2, -0.15) is 0 Å². The number of hydrogen-bond acceptors (Lipinski definition) is 2. The third-order valence-corrected chi connectivity index (χ3v) is 5.07. The van der Waals surface area contributed by atoms with Gasteiger partial charge in [-0.15, -0.1) is 0 Å². The van der Waals surface area contributed by atoms with E-state index in [0.29, 0.717) is 5.92 Å². The van der Waals surface area contributed by atoms with Crippen LogP contribution in [0.15, 0.2) is 24.3 Å². The number of nitrogens with zero attached hydrogens (tertiary/aromatic N) is 1. The van der Waals surface area contributed by atoms with Gasteiger partial charge in [0.2, 0.25) is 0 Å². The highest BCUT2D eigenvalue weighted by atomic mass is 35.5. The lowest BCUT2D eigenvalue weighted by molar-refractivity contribution is 0.0279. The minimum atomic E-state index is 0.153. The number of hydrogen-bond donors (Lipinski definition) is 1. The molecule has 2 nitrogen and oxygen atoms in total. The molecule has 3 heteroatoms. The lowest BCUT2D eigenvalue weighted by atomic mass is 9.72. The van der Waals surface area contributed by atoms with Gasteiger partial charge in [0.25, 0.3) is 0 Å². The summed E-state index contributed by atoms with van der Waals surface area (Å²) in [7, 11) is 2.20. The number of rotatable bonds is 4. The first-order valence-electron chi connectivity index (χ1n) is 7.24. The summed E-state index contributed by atoms with van der Waals surface area (Å²) in [4.78, 5) is 2.45. The third-order valence-electron chi connectivity index (χ3n) is 4.84. The Morgan fingerprint density at radius 2 is 2.21 bits per heavy atom. The van der Waals surface area contributed by atoms with Crippen molar-refractivity contribution < 1.29 is 0 Å². The molecule has 0 heterocycles. The van der Waals surface area contributed by atoms with E-state index in [1.807, 2.05) is 12.1 Å². The van der Waals surface area contributed by atoms with Gasteiger partial charge in [-0.1, -0.05) is 43.5 Å². The van der Waals surface area contributed by atoms with Gasteiger partial charge in [0, 0.05) is 23.7 Å². The first-order valence-corrected chi connectivity index (χ1v) is 7.62. The van der Waals surface area contributed by atoms with E-state index in [1.165, 1.54) is 31.2 Å². The summed E-state index contributed by atoms with van der Waals surface area (Å²) in [5.74, 6) is 0.662. The molecule has 0 bridgehead atoms. The van der Waals surface area contributed by atoms with E-state index in [0.717, 1.165) is 18.1 Å². The predicted molar refractivity (Wildman–Crippen MR) is 82.3 cm³/mol. The molecule has 1 saturated carbocycles. The topological polar surface area (TPSA) is 29.3 Å². The molecule has 0 amide bonds. The third kappa shape index (κ3) is 3.13. The van der Waals surface area contributed by atoms with Crippen LogP contribution in [0.1, 0.15) is 38.2 Å². The largest absolute Gasteiger partial charge is 0.329 e. The average molecular weight is 281 g/mol. The molecule has 2 rings (SSSR count). The van der Waals surface area contributed by atoms with E-state index in [2.05, 4.69) is 31.0 Å². The fraction of sp³-hybridized carbons (Fsp3) is 0.625. The Morgan fingerprint density at radius 1 is 1.42 bits per heavy atom. The van der Waals surface area contributed by atoms with E-state index in [4.69, 9.17) is 17.3 Å². The molecule has 0 saturated heterocycles. The smallest absolute Gasteiger partial charge is 0.0409 e. The first kappa shape index (κ1) is 14.8. The number of benzene rings is 1. The van der Waals surface area contributed by atoms with Crippen molar-refractivity contribution in [3.05, 3.63) is 34.9 Å². The van der Waals surface area contributed by atoms with E-state index in [-0.39, 0.29) is 5.54 Å². The highest BCUT2D eigenvalue weighted by Crippen LogP contribution is 2.37. The van der Waals surface area contributed by atoms with Crippen LogP contribution in [0.3, 0.4) is 0 Å². The van der Waals surface area contributed by atoms with Crippen LogP contribution in [-0.2, 0) is 6.54 Å². The summed E-state index contributed by atoms with van der Waals surface area (Å²) in [5, 5.41) is 0.810. The Bertz CT molecular complexity index is 421. The highest BCUT2D eigenvalue weighted by molar-refractivity contribution is 6.30. The van der Waals surface area contributed by atoms with Gasteiger partial charge in [-0.25, -0.2) is 0 Å².